The normalized spacial score (nSPS) is 10.3. The molecule has 0 bridgehead atoms. The highest BCUT2D eigenvalue weighted by Crippen LogP contribution is 2.16. The zero-order valence-electron chi connectivity index (χ0n) is 16.8. The number of amides is 2. The van der Waals surface area contributed by atoms with Gasteiger partial charge in [-0.3, -0.25) is 9.59 Å². The fourth-order valence-corrected chi connectivity index (χ4v) is 2.66. The van der Waals surface area contributed by atoms with Crippen molar-refractivity contribution in [2.75, 3.05) is 23.8 Å². The number of hydrogen-bond donors (Lipinski definition) is 3. The number of carbonyl (C=O) groups is 2. The van der Waals surface area contributed by atoms with E-state index in [2.05, 4.69) is 22.9 Å². The van der Waals surface area contributed by atoms with Crippen molar-refractivity contribution in [3.8, 4) is 5.75 Å². The van der Waals surface area contributed by atoms with Gasteiger partial charge in [0.25, 0.3) is 5.91 Å². The first-order valence-electron chi connectivity index (χ1n) is 9.81. The average molecular weight is 407 g/mol. The number of furan rings is 1. The molecule has 3 rings (SSSR count). The Kier molecular flexibility index (Phi) is 7.49. The van der Waals surface area contributed by atoms with Crippen LogP contribution in [0.3, 0.4) is 0 Å². The van der Waals surface area contributed by atoms with Crippen LogP contribution in [-0.4, -0.2) is 25.0 Å². The van der Waals surface area contributed by atoms with E-state index in [1.807, 2.05) is 24.3 Å². The number of carbonyl (C=O) groups excluding carboxylic acids is 2. The van der Waals surface area contributed by atoms with Crippen LogP contribution in [0.25, 0.3) is 0 Å². The van der Waals surface area contributed by atoms with E-state index < -0.39 is 0 Å². The Hall–Kier alpha value is -3.74. The third-order valence-corrected chi connectivity index (χ3v) is 4.21. The number of rotatable bonds is 10. The molecule has 0 spiro atoms. The topological polar surface area (TPSA) is 92.6 Å². The third-order valence-electron chi connectivity index (χ3n) is 4.21. The zero-order valence-corrected chi connectivity index (χ0v) is 16.8. The summed E-state index contributed by atoms with van der Waals surface area (Å²) in [7, 11) is 0. The molecule has 30 heavy (non-hydrogen) atoms. The average Bonchev–Trinajstić information content (AvgIpc) is 3.29. The van der Waals surface area contributed by atoms with E-state index in [1.165, 1.54) is 0 Å². The molecule has 0 unspecified atom stereocenters. The monoisotopic (exact) mass is 407 g/mol. The van der Waals surface area contributed by atoms with Gasteiger partial charge in [0.2, 0.25) is 5.91 Å². The molecule has 0 saturated heterocycles. The van der Waals surface area contributed by atoms with Gasteiger partial charge < -0.3 is 25.1 Å². The van der Waals surface area contributed by atoms with Crippen LogP contribution >= 0.6 is 0 Å². The minimum Gasteiger partial charge on any atom is -0.494 e. The summed E-state index contributed by atoms with van der Waals surface area (Å²) >= 11 is 0. The van der Waals surface area contributed by atoms with Gasteiger partial charge in [0.05, 0.1) is 26.0 Å². The van der Waals surface area contributed by atoms with E-state index in [9.17, 15) is 9.59 Å². The fourth-order valence-electron chi connectivity index (χ4n) is 2.66. The summed E-state index contributed by atoms with van der Waals surface area (Å²) in [6.45, 7) is 3.18. The molecule has 0 aliphatic carbocycles. The summed E-state index contributed by atoms with van der Waals surface area (Å²) in [6, 6.07) is 17.7. The number of benzene rings is 2. The number of anilines is 2. The molecule has 1 aromatic heterocycles. The van der Waals surface area contributed by atoms with Gasteiger partial charge in [-0.1, -0.05) is 6.92 Å². The van der Waals surface area contributed by atoms with E-state index in [-0.39, 0.29) is 18.4 Å². The maximum absolute atomic E-state index is 12.2. The molecule has 0 saturated carbocycles. The SMILES string of the molecule is CCCOc1ccc(NCC(=O)Nc2ccc(C(=O)NCc3ccco3)cc2)cc1. The first kappa shape index (κ1) is 21.0. The maximum Gasteiger partial charge on any atom is 0.251 e. The molecule has 3 N–H and O–H groups in total. The first-order valence-corrected chi connectivity index (χ1v) is 9.81. The lowest BCUT2D eigenvalue weighted by atomic mass is 10.2. The van der Waals surface area contributed by atoms with E-state index >= 15 is 0 Å². The molecule has 7 nitrogen and oxygen atoms in total. The fraction of sp³-hybridized carbons (Fsp3) is 0.217. The Balaban J connectivity index is 1.43. The Bertz CT molecular complexity index is 936. The van der Waals surface area contributed by atoms with Crippen LogP contribution in [0.4, 0.5) is 11.4 Å². The highest BCUT2D eigenvalue weighted by atomic mass is 16.5. The van der Waals surface area contributed by atoms with Gasteiger partial charge in [0.15, 0.2) is 0 Å². The molecule has 7 heteroatoms. The second-order valence-corrected chi connectivity index (χ2v) is 6.61. The van der Waals surface area contributed by atoms with Crippen molar-refractivity contribution < 1.29 is 18.7 Å². The summed E-state index contributed by atoms with van der Waals surface area (Å²) in [5, 5.41) is 8.64. The molecular weight excluding hydrogens is 382 g/mol. The molecule has 156 valence electrons. The van der Waals surface area contributed by atoms with Crippen molar-refractivity contribution in [2.24, 2.45) is 0 Å². The predicted octanol–water partition coefficient (Wildman–Crippen LogP) is 4.05. The van der Waals surface area contributed by atoms with Gasteiger partial charge in [-0.2, -0.15) is 0 Å². The van der Waals surface area contributed by atoms with Crippen molar-refractivity contribution in [1.29, 1.82) is 0 Å². The van der Waals surface area contributed by atoms with Crippen LogP contribution in [0, 0.1) is 0 Å². The number of nitrogens with one attached hydrogen (secondary N) is 3. The lowest BCUT2D eigenvalue weighted by molar-refractivity contribution is -0.114. The molecule has 0 aliphatic heterocycles. The highest BCUT2D eigenvalue weighted by molar-refractivity contribution is 5.96. The number of ether oxygens (including phenoxy) is 1. The minimum absolute atomic E-state index is 0.126. The Morgan fingerprint density at radius 3 is 2.37 bits per heavy atom. The van der Waals surface area contributed by atoms with E-state index in [4.69, 9.17) is 9.15 Å². The van der Waals surface area contributed by atoms with Gasteiger partial charge in [0.1, 0.15) is 11.5 Å². The van der Waals surface area contributed by atoms with Crippen LogP contribution in [0.1, 0.15) is 29.5 Å². The van der Waals surface area contributed by atoms with E-state index in [1.54, 1.807) is 42.7 Å². The van der Waals surface area contributed by atoms with Crippen molar-refractivity contribution in [1.82, 2.24) is 5.32 Å². The Morgan fingerprint density at radius 2 is 1.70 bits per heavy atom. The minimum atomic E-state index is -0.211. The van der Waals surface area contributed by atoms with Crippen LogP contribution in [0.5, 0.6) is 5.75 Å². The Labute approximate surface area is 175 Å². The van der Waals surface area contributed by atoms with Gasteiger partial charge in [-0.15, -0.1) is 0 Å². The summed E-state index contributed by atoms with van der Waals surface area (Å²) in [4.78, 5) is 24.3. The molecule has 0 radical (unpaired) electrons. The lowest BCUT2D eigenvalue weighted by Gasteiger charge is -2.10. The standard InChI is InChI=1S/C23H25N3O4/c1-2-13-29-20-11-9-18(10-12-20)24-16-22(27)26-19-7-5-17(6-8-19)23(28)25-15-21-4-3-14-30-21/h3-12,14,24H,2,13,15-16H2,1H3,(H,25,28)(H,26,27). The third kappa shape index (κ3) is 6.41. The van der Waals surface area contributed by atoms with Gasteiger partial charge in [-0.05, 0) is 67.1 Å². The summed E-state index contributed by atoms with van der Waals surface area (Å²) < 4.78 is 10.7. The predicted molar refractivity (Wildman–Crippen MR) is 116 cm³/mol. The summed E-state index contributed by atoms with van der Waals surface area (Å²) in [6.07, 6.45) is 2.52. The van der Waals surface area contributed by atoms with E-state index in [0.717, 1.165) is 17.9 Å². The highest BCUT2D eigenvalue weighted by Gasteiger charge is 2.08. The second kappa shape index (κ2) is 10.7. The van der Waals surface area contributed by atoms with Crippen LogP contribution in [-0.2, 0) is 11.3 Å². The molecule has 0 fully saturated rings. The van der Waals surface area contributed by atoms with Crippen molar-refractivity contribution in [3.05, 3.63) is 78.3 Å². The quantitative estimate of drug-likeness (QED) is 0.472. The largest absolute Gasteiger partial charge is 0.494 e. The van der Waals surface area contributed by atoms with E-state index in [0.29, 0.717) is 30.2 Å². The van der Waals surface area contributed by atoms with Gasteiger partial charge in [0, 0.05) is 16.9 Å². The van der Waals surface area contributed by atoms with Gasteiger partial charge >= 0.3 is 0 Å². The van der Waals surface area contributed by atoms with Crippen molar-refractivity contribution in [3.63, 3.8) is 0 Å². The van der Waals surface area contributed by atoms with Crippen molar-refractivity contribution >= 4 is 23.2 Å². The molecule has 0 aliphatic rings. The summed E-state index contributed by atoms with van der Waals surface area (Å²) in [5.41, 5.74) is 1.95. The smallest absolute Gasteiger partial charge is 0.251 e. The number of hydrogen-bond acceptors (Lipinski definition) is 5. The molecule has 2 amide bonds. The maximum atomic E-state index is 12.2. The van der Waals surface area contributed by atoms with Crippen LogP contribution < -0.4 is 20.7 Å². The van der Waals surface area contributed by atoms with Gasteiger partial charge in [-0.25, -0.2) is 0 Å². The van der Waals surface area contributed by atoms with Crippen LogP contribution in [0.15, 0.2) is 71.3 Å². The Morgan fingerprint density at radius 1 is 0.967 bits per heavy atom. The lowest BCUT2D eigenvalue weighted by Crippen LogP contribution is -2.23. The second-order valence-electron chi connectivity index (χ2n) is 6.61. The molecule has 1 heterocycles. The molecule has 2 aromatic carbocycles. The zero-order chi connectivity index (χ0) is 21.2. The summed E-state index contributed by atoms with van der Waals surface area (Å²) in [5.74, 6) is 1.09. The molecular formula is C23H25N3O4. The molecule has 3 aromatic rings. The molecule has 0 atom stereocenters. The van der Waals surface area contributed by atoms with Crippen LogP contribution in [0.2, 0.25) is 0 Å². The first-order chi connectivity index (χ1) is 14.6. The van der Waals surface area contributed by atoms with Crippen molar-refractivity contribution in [2.45, 2.75) is 19.9 Å².